The maximum Gasteiger partial charge on any atom is 0.343 e. The van der Waals surface area contributed by atoms with Gasteiger partial charge in [0.1, 0.15) is 30.3 Å². The van der Waals surface area contributed by atoms with Crippen molar-refractivity contribution in [2.45, 2.75) is 49.9 Å². The van der Waals surface area contributed by atoms with Gasteiger partial charge in [0.2, 0.25) is 0 Å². The molecular formula is C25H28O6. The minimum absolute atomic E-state index is 0.207. The highest BCUT2D eigenvalue weighted by Gasteiger charge is 2.27. The van der Waals surface area contributed by atoms with Crippen LogP contribution in [0.1, 0.15) is 47.5 Å². The number of epoxide rings is 2. The molecule has 0 amide bonds. The zero-order chi connectivity index (χ0) is 21.0. The summed E-state index contributed by atoms with van der Waals surface area (Å²) in [6.07, 6.45) is 5.32. The topological polar surface area (TPSA) is 69.8 Å². The number of carbonyl (C=O) groups is 1. The predicted molar refractivity (Wildman–Crippen MR) is 114 cm³/mol. The molecule has 2 atom stereocenters. The van der Waals surface area contributed by atoms with Crippen LogP contribution < -0.4 is 9.47 Å². The summed E-state index contributed by atoms with van der Waals surface area (Å²) < 4.78 is 27.4. The molecule has 2 saturated heterocycles. The fraction of sp³-hybridized carbons (Fsp3) is 0.480. The van der Waals surface area contributed by atoms with E-state index in [-0.39, 0.29) is 12.1 Å². The van der Waals surface area contributed by atoms with Gasteiger partial charge in [0.15, 0.2) is 0 Å². The van der Waals surface area contributed by atoms with Crippen molar-refractivity contribution in [3.05, 3.63) is 59.7 Å². The molecule has 0 radical (unpaired) electrons. The highest BCUT2D eigenvalue weighted by Crippen LogP contribution is 2.35. The Morgan fingerprint density at radius 1 is 0.806 bits per heavy atom. The highest BCUT2D eigenvalue weighted by molar-refractivity contribution is 5.91. The first-order chi connectivity index (χ1) is 15.2. The van der Waals surface area contributed by atoms with Gasteiger partial charge in [0.05, 0.1) is 31.5 Å². The van der Waals surface area contributed by atoms with Gasteiger partial charge < -0.3 is 23.7 Å². The molecule has 2 aromatic rings. The third-order valence-electron chi connectivity index (χ3n) is 6.08. The Morgan fingerprint density at radius 2 is 1.42 bits per heavy atom. The molecule has 3 aliphatic rings. The second kappa shape index (κ2) is 9.39. The van der Waals surface area contributed by atoms with Crippen LogP contribution in [0.4, 0.5) is 0 Å². The van der Waals surface area contributed by atoms with Gasteiger partial charge in [-0.15, -0.1) is 0 Å². The van der Waals surface area contributed by atoms with E-state index in [2.05, 4.69) is 12.1 Å². The fourth-order valence-electron chi connectivity index (χ4n) is 3.99. The van der Waals surface area contributed by atoms with Crippen LogP contribution in [0.25, 0.3) is 0 Å². The quantitative estimate of drug-likeness (QED) is 0.343. The molecule has 1 saturated carbocycles. The number of benzene rings is 2. The number of hydrogen-bond acceptors (Lipinski definition) is 6. The number of rotatable bonds is 9. The summed E-state index contributed by atoms with van der Waals surface area (Å²) in [5.41, 5.74) is 1.79. The largest absolute Gasteiger partial charge is 0.491 e. The number of carbonyl (C=O) groups excluding carboxylic acids is 1. The van der Waals surface area contributed by atoms with E-state index in [4.69, 9.17) is 23.7 Å². The van der Waals surface area contributed by atoms with E-state index in [0.29, 0.717) is 36.0 Å². The molecule has 2 heterocycles. The Balaban J connectivity index is 1.09. The molecule has 0 bridgehead atoms. The average molecular weight is 424 g/mol. The Hall–Kier alpha value is -2.41. The molecule has 6 nitrogen and oxygen atoms in total. The fourth-order valence-corrected chi connectivity index (χ4v) is 3.99. The molecule has 31 heavy (non-hydrogen) atoms. The zero-order valence-electron chi connectivity index (χ0n) is 17.5. The lowest BCUT2D eigenvalue weighted by molar-refractivity contribution is 0.0165. The summed E-state index contributed by atoms with van der Waals surface area (Å²) in [6, 6.07) is 14.9. The molecule has 1 aliphatic carbocycles. The molecule has 0 spiro atoms. The first-order valence-electron chi connectivity index (χ1n) is 11.1. The van der Waals surface area contributed by atoms with E-state index in [1.54, 1.807) is 24.3 Å². The second-order valence-electron chi connectivity index (χ2n) is 8.51. The van der Waals surface area contributed by atoms with E-state index < -0.39 is 0 Å². The van der Waals surface area contributed by atoms with Crippen LogP contribution in [0.2, 0.25) is 0 Å². The normalized spacial score (nSPS) is 26.8. The maximum absolute atomic E-state index is 12.4. The number of ether oxygens (including phenoxy) is 5. The van der Waals surface area contributed by atoms with Crippen molar-refractivity contribution in [3.63, 3.8) is 0 Å². The van der Waals surface area contributed by atoms with Crippen LogP contribution in [0.3, 0.4) is 0 Å². The molecule has 2 aromatic carbocycles. The molecule has 164 valence electrons. The molecule has 0 aromatic heterocycles. The SMILES string of the molecule is O=C(Oc1ccc(C2CCC(OCC3CO3)CC2)cc1)c1ccc(OCC2CO2)cc1. The minimum Gasteiger partial charge on any atom is -0.491 e. The van der Waals surface area contributed by atoms with Crippen LogP contribution in [0.15, 0.2) is 48.5 Å². The summed E-state index contributed by atoms with van der Waals surface area (Å²) in [5.74, 6) is 1.44. The number of hydrogen-bond donors (Lipinski definition) is 0. The van der Waals surface area contributed by atoms with Crippen molar-refractivity contribution >= 4 is 5.97 Å². The lowest BCUT2D eigenvalue weighted by Crippen LogP contribution is -2.22. The lowest BCUT2D eigenvalue weighted by atomic mass is 9.83. The third kappa shape index (κ3) is 5.85. The summed E-state index contributed by atoms with van der Waals surface area (Å²) in [5, 5.41) is 0. The molecule has 5 rings (SSSR count). The van der Waals surface area contributed by atoms with Crippen molar-refractivity contribution in [3.8, 4) is 11.5 Å². The Bertz CT molecular complexity index is 862. The summed E-state index contributed by atoms with van der Waals surface area (Å²) >= 11 is 0. The van der Waals surface area contributed by atoms with Gasteiger partial charge in [-0.2, -0.15) is 0 Å². The molecule has 0 N–H and O–H groups in total. The average Bonchev–Trinajstić information content (AvgIpc) is 3.73. The first kappa shape index (κ1) is 20.5. The van der Waals surface area contributed by atoms with Crippen molar-refractivity contribution < 1.29 is 28.5 Å². The van der Waals surface area contributed by atoms with Gasteiger partial charge in [0.25, 0.3) is 0 Å². The summed E-state index contributed by atoms with van der Waals surface area (Å²) in [6.45, 7) is 2.89. The van der Waals surface area contributed by atoms with Crippen molar-refractivity contribution in [2.24, 2.45) is 0 Å². The Labute approximate surface area is 182 Å². The Morgan fingerprint density at radius 3 is 2.06 bits per heavy atom. The Kier molecular flexibility index (Phi) is 6.20. The maximum atomic E-state index is 12.4. The summed E-state index contributed by atoms with van der Waals surface area (Å²) in [7, 11) is 0. The van der Waals surface area contributed by atoms with Crippen molar-refractivity contribution in [1.82, 2.24) is 0 Å². The van der Waals surface area contributed by atoms with Crippen molar-refractivity contribution in [2.75, 3.05) is 26.4 Å². The van der Waals surface area contributed by atoms with Gasteiger partial charge in [0, 0.05) is 0 Å². The van der Waals surface area contributed by atoms with Gasteiger partial charge >= 0.3 is 5.97 Å². The molecular weight excluding hydrogens is 396 g/mol. The second-order valence-corrected chi connectivity index (χ2v) is 8.51. The van der Waals surface area contributed by atoms with E-state index >= 15 is 0 Å². The molecule has 3 fully saturated rings. The molecule has 2 aliphatic heterocycles. The smallest absolute Gasteiger partial charge is 0.343 e. The first-order valence-corrected chi connectivity index (χ1v) is 11.1. The van der Waals surface area contributed by atoms with Gasteiger partial charge in [-0.1, -0.05) is 12.1 Å². The monoisotopic (exact) mass is 424 g/mol. The van der Waals surface area contributed by atoms with E-state index in [0.717, 1.165) is 51.3 Å². The lowest BCUT2D eigenvalue weighted by Gasteiger charge is -2.28. The predicted octanol–water partition coefficient (Wildman–Crippen LogP) is 4.13. The van der Waals surface area contributed by atoms with Crippen LogP contribution in [-0.2, 0) is 14.2 Å². The highest BCUT2D eigenvalue weighted by atomic mass is 16.6. The van der Waals surface area contributed by atoms with E-state index in [1.165, 1.54) is 5.56 Å². The van der Waals surface area contributed by atoms with Gasteiger partial charge in [-0.05, 0) is 73.6 Å². The van der Waals surface area contributed by atoms with Crippen LogP contribution in [0, 0.1) is 0 Å². The number of esters is 1. The zero-order valence-corrected chi connectivity index (χ0v) is 17.5. The van der Waals surface area contributed by atoms with E-state index in [9.17, 15) is 4.79 Å². The standard InChI is InChI=1S/C25H28O6/c26-25(19-5-9-21(10-6-19)28-14-24-16-30-24)31-22-11-3-18(4-12-22)17-1-7-20(8-2-17)27-13-23-15-29-23/h3-6,9-12,17,20,23-24H,1-2,7-8,13-16H2. The minimum atomic E-state index is -0.373. The molecule has 6 heteroatoms. The van der Waals surface area contributed by atoms with E-state index in [1.807, 2.05) is 12.1 Å². The van der Waals surface area contributed by atoms with Crippen LogP contribution >= 0.6 is 0 Å². The van der Waals surface area contributed by atoms with Gasteiger partial charge in [-0.25, -0.2) is 4.79 Å². The third-order valence-corrected chi connectivity index (χ3v) is 6.08. The molecule has 2 unspecified atom stereocenters. The van der Waals surface area contributed by atoms with Crippen LogP contribution in [-0.4, -0.2) is 50.7 Å². The van der Waals surface area contributed by atoms with Crippen LogP contribution in [0.5, 0.6) is 11.5 Å². The van der Waals surface area contributed by atoms with Crippen molar-refractivity contribution in [1.29, 1.82) is 0 Å². The summed E-state index contributed by atoms with van der Waals surface area (Å²) in [4.78, 5) is 12.4. The van der Waals surface area contributed by atoms with Gasteiger partial charge in [-0.3, -0.25) is 0 Å².